The van der Waals surface area contributed by atoms with Crippen LogP contribution in [0.15, 0.2) is 42.5 Å². The van der Waals surface area contributed by atoms with E-state index < -0.39 is 0 Å². The summed E-state index contributed by atoms with van der Waals surface area (Å²) in [5.41, 5.74) is 1.99. The lowest BCUT2D eigenvalue weighted by molar-refractivity contribution is 0.478. The summed E-state index contributed by atoms with van der Waals surface area (Å²) in [6.07, 6.45) is 0. The van der Waals surface area contributed by atoms with E-state index in [9.17, 15) is 5.11 Å². The van der Waals surface area contributed by atoms with Crippen molar-refractivity contribution in [2.24, 2.45) is 0 Å². The summed E-state index contributed by atoms with van der Waals surface area (Å²) in [6.45, 7) is 0. The standard InChI is InChI=1S/C10H8O/c11-10-7-2-1-4-8-5-3-6-9(8)10/h1-7,11H. The number of hydrogen-bond donors (Lipinski definition) is 1. The van der Waals surface area contributed by atoms with Crippen molar-refractivity contribution in [2.45, 2.75) is 0 Å². The van der Waals surface area contributed by atoms with Gasteiger partial charge in [0.15, 0.2) is 0 Å². The molecule has 0 aromatic carbocycles. The van der Waals surface area contributed by atoms with Crippen molar-refractivity contribution >= 4 is 0 Å². The third kappa shape index (κ3) is 0.944. The fraction of sp³-hybridized carbons (Fsp3) is 0. The minimum atomic E-state index is 0.343. The first-order valence-electron chi connectivity index (χ1n) is 3.54. The molecule has 1 heteroatoms. The van der Waals surface area contributed by atoms with Crippen LogP contribution in [0.3, 0.4) is 0 Å². The van der Waals surface area contributed by atoms with Gasteiger partial charge in [0.25, 0.3) is 0 Å². The molecule has 0 fully saturated rings. The largest absolute Gasteiger partial charge is 0.507 e. The fourth-order valence-corrected chi connectivity index (χ4v) is 1.21. The fourth-order valence-electron chi connectivity index (χ4n) is 1.21. The van der Waals surface area contributed by atoms with Crippen LogP contribution in [0.4, 0.5) is 0 Å². The van der Waals surface area contributed by atoms with Gasteiger partial charge in [-0.25, -0.2) is 0 Å². The van der Waals surface area contributed by atoms with Crippen LogP contribution in [-0.4, -0.2) is 5.11 Å². The molecule has 1 N–H and O–H groups in total. The molecule has 2 rings (SSSR count). The molecule has 54 valence electrons. The van der Waals surface area contributed by atoms with Gasteiger partial charge in [-0.15, -0.1) is 0 Å². The van der Waals surface area contributed by atoms with Gasteiger partial charge in [0, 0.05) is 5.56 Å². The maximum absolute atomic E-state index is 9.42. The monoisotopic (exact) mass is 144 g/mol. The highest BCUT2D eigenvalue weighted by Crippen LogP contribution is 2.29. The van der Waals surface area contributed by atoms with E-state index in [1.54, 1.807) is 6.07 Å². The summed E-state index contributed by atoms with van der Waals surface area (Å²) in [4.78, 5) is 0. The van der Waals surface area contributed by atoms with Crippen LogP contribution in [0.25, 0.3) is 11.1 Å². The van der Waals surface area contributed by atoms with Crippen molar-refractivity contribution in [2.75, 3.05) is 0 Å². The van der Waals surface area contributed by atoms with E-state index in [0.717, 1.165) is 11.1 Å². The van der Waals surface area contributed by atoms with Crippen LogP contribution < -0.4 is 0 Å². The average Bonchev–Trinajstić information content (AvgIpc) is 2.40. The minimum Gasteiger partial charge on any atom is -0.507 e. The van der Waals surface area contributed by atoms with Gasteiger partial charge in [0.05, 0.1) is 0 Å². The number of rotatable bonds is 0. The minimum absolute atomic E-state index is 0.343. The Kier molecular flexibility index (Phi) is 1.29. The molecular weight excluding hydrogens is 136 g/mol. The van der Waals surface area contributed by atoms with Gasteiger partial charge in [-0.05, 0) is 11.6 Å². The van der Waals surface area contributed by atoms with Gasteiger partial charge in [-0.3, -0.25) is 0 Å². The lowest BCUT2D eigenvalue weighted by Crippen LogP contribution is -1.65. The summed E-state index contributed by atoms with van der Waals surface area (Å²) in [5.74, 6) is 0.343. The summed E-state index contributed by atoms with van der Waals surface area (Å²) in [5, 5.41) is 9.42. The molecule has 2 aliphatic rings. The van der Waals surface area contributed by atoms with Crippen molar-refractivity contribution in [1.29, 1.82) is 0 Å². The molecule has 0 atom stereocenters. The van der Waals surface area contributed by atoms with Gasteiger partial charge in [0.2, 0.25) is 0 Å². The Balaban J connectivity index is 2.78. The van der Waals surface area contributed by atoms with E-state index in [1.165, 1.54) is 0 Å². The Morgan fingerprint density at radius 2 is 1.55 bits per heavy atom. The van der Waals surface area contributed by atoms with Gasteiger partial charge in [0.1, 0.15) is 5.75 Å². The second kappa shape index (κ2) is 2.27. The average molecular weight is 144 g/mol. The molecule has 2 aliphatic carbocycles. The van der Waals surface area contributed by atoms with Crippen molar-refractivity contribution < 1.29 is 5.11 Å². The SMILES string of the molecule is Oc1ccccc2cccc1-2. The smallest absolute Gasteiger partial charge is 0.123 e. The zero-order valence-electron chi connectivity index (χ0n) is 5.99. The Morgan fingerprint density at radius 1 is 0.818 bits per heavy atom. The predicted molar refractivity (Wildman–Crippen MR) is 44.7 cm³/mol. The van der Waals surface area contributed by atoms with Crippen LogP contribution in [0, 0.1) is 0 Å². The second-order valence-corrected chi connectivity index (χ2v) is 2.50. The van der Waals surface area contributed by atoms with E-state index in [4.69, 9.17) is 0 Å². The lowest BCUT2D eigenvalue weighted by atomic mass is 10.2. The molecule has 0 spiro atoms. The number of aromatic hydroxyl groups is 1. The van der Waals surface area contributed by atoms with Gasteiger partial charge in [-0.1, -0.05) is 36.4 Å². The maximum Gasteiger partial charge on any atom is 0.123 e. The lowest BCUT2D eigenvalue weighted by Gasteiger charge is -1.92. The highest BCUT2D eigenvalue weighted by Gasteiger charge is 2.02. The third-order valence-electron chi connectivity index (χ3n) is 1.77. The molecule has 0 saturated heterocycles. The van der Waals surface area contributed by atoms with Crippen LogP contribution in [0.1, 0.15) is 0 Å². The molecule has 0 radical (unpaired) electrons. The number of hydrogen-bond acceptors (Lipinski definition) is 1. The highest BCUT2D eigenvalue weighted by molar-refractivity contribution is 5.71. The first-order chi connectivity index (χ1) is 5.38. The summed E-state index contributed by atoms with van der Waals surface area (Å²) in [7, 11) is 0. The quantitative estimate of drug-likeness (QED) is 0.602. The van der Waals surface area contributed by atoms with Gasteiger partial charge in [-0.2, -0.15) is 0 Å². The van der Waals surface area contributed by atoms with Gasteiger partial charge < -0.3 is 5.11 Å². The molecule has 0 aliphatic heterocycles. The second-order valence-electron chi connectivity index (χ2n) is 2.50. The molecule has 0 aromatic heterocycles. The first-order valence-corrected chi connectivity index (χ1v) is 3.54. The van der Waals surface area contributed by atoms with E-state index in [2.05, 4.69) is 0 Å². The number of fused-ring (bicyclic) bond motifs is 1. The Morgan fingerprint density at radius 3 is 2.45 bits per heavy atom. The van der Waals surface area contributed by atoms with Crippen LogP contribution >= 0.6 is 0 Å². The molecule has 1 nitrogen and oxygen atoms in total. The van der Waals surface area contributed by atoms with Crippen LogP contribution in [-0.2, 0) is 0 Å². The Hall–Kier alpha value is -1.50. The van der Waals surface area contributed by atoms with Crippen molar-refractivity contribution in [3.05, 3.63) is 42.5 Å². The molecule has 0 heterocycles. The van der Waals surface area contributed by atoms with Crippen molar-refractivity contribution in [3.63, 3.8) is 0 Å². The highest BCUT2D eigenvalue weighted by atomic mass is 16.3. The summed E-state index contributed by atoms with van der Waals surface area (Å²) in [6, 6.07) is 13.2. The molecule has 0 amide bonds. The van der Waals surface area contributed by atoms with Gasteiger partial charge >= 0.3 is 0 Å². The van der Waals surface area contributed by atoms with E-state index in [-0.39, 0.29) is 0 Å². The molecule has 0 aromatic rings. The van der Waals surface area contributed by atoms with E-state index in [1.807, 2.05) is 36.4 Å². The molecule has 0 saturated carbocycles. The predicted octanol–water partition coefficient (Wildman–Crippen LogP) is 2.50. The topological polar surface area (TPSA) is 20.2 Å². The van der Waals surface area contributed by atoms with Crippen molar-refractivity contribution in [1.82, 2.24) is 0 Å². The zero-order chi connectivity index (χ0) is 7.68. The molecule has 0 unspecified atom stereocenters. The molecule has 0 bridgehead atoms. The van der Waals surface area contributed by atoms with E-state index in [0.29, 0.717) is 5.75 Å². The Bertz CT molecular complexity index is 341. The first kappa shape index (κ1) is 6.23. The molecule has 11 heavy (non-hydrogen) atoms. The Labute approximate surface area is 65.3 Å². The maximum atomic E-state index is 9.42. The third-order valence-corrected chi connectivity index (χ3v) is 1.77. The van der Waals surface area contributed by atoms with E-state index >= 15 is 0 Å². The van der Waals surface area contributed by atoms with Crippen LogP contribution in [0.2, 0.25) is 0 Å². The normalized spacial score (nSPS) is 10.2. The molecular formula is C10H8O. The van der Waals surface area contributed by atoms with Crippen LogP contribution in [0.5, 0.6) is 5.75 Å². The van der Waals surface area contributed by atoms with Crippen molar-refractivity contribution in [3.8, 4) is 16.9 Å². The summed E-state index contributed by atoms with van der Waals surface area (Å²) < 4.78 is 0. The summed E-state index contributed by atoms with van der Waals surface area (Å²) >= 11 is 0. The zero-order valence-corrected chi connectivity index (χ0v) is 5.99.